The smallest absolute Gasteiger partial charge is 0.275 e. The van der Waals surface area contributed by atoms with Gasteiger partial charge in [0.2, 0.25) is 0 Å². The number of benzene rings is 3. The van der Waals surface area contributed by atoms with E-state index in [-0.39, 0.29) is 5.91 Å². The highest BCUT2D eigenvalue weighted by atomic mass is 79.9. The lowest BCUT2D eigenvalue weighted by Crippen LogP contribution is -2.18. The van der Waals surface area contributed by atoms with Crippen molar-refractivity contribution in [3.8, 4) is 5.75 Å². The van der Waals surface area contributed by atoms with E-state index >= 15 is 0 Å². The molecule has 1 aromatic heterocycles. The Balaban J connectivity index is 1.57. The van der Waals surface area contributed by atoms with Gasteiger partial charge in [0.05, 0.1) is 18.9 Å². The molecule has 0 radical (unpaired) electrons. The molecule has 5 nitrogen and oxygen atoms in total. The summed E-state index contributed by atoms with van der Waals surface area (Å²) in [5.41, 5.74) is 6.23. The lowest BCUT2D eigenvalue weighted by molar-refractivity contribution is 0.0952. The quantitative estimate of drug-likeness (QED) is 0.241. The third-order valence-corrected chi connectivity index (χ3v) is 5.88. The maximum atomic E-state index is 12.6. The molecule has 1 N–H and O–H groups in total. The number of rotatable bonds is 6. The van der Waals surface area contributed by atoms with Crippen molar-refractivity contribution in [3.05, 3.63) is 98.6 Å². The van der Waals surface area contributed by atoms with Crippen LogP contribution in [0.1, 0.15) is 21.5 Å². The number of hydrazone groups is 1. The summed E-state index contributed by atoms with van der Waals surface area (Å²) in [7, 11) is 1.53. The summed E-state index contributed by atoms with van der Waals surface area (Å²) < 4.78 is 9.30. The van der Waals surface area contributed by atoms with E-state index in [1.165, 1.54) is 12.7 Å². The molecule has 0 spiro atoms. The van der Waals surface area contributed by atoms with Gasteiger partial charge in [0.1, 0.15) is 5.75 Å². The van der Waals surface area contributed by atoms with Crippen molar-refractivity contribution in [1.29, 1.82) is 0 Å². The summed E-state index contributed by atoms with van der Waals surface area (Å²) in [6.07, 6.45) is 3.71. The van der Waals surface area contributed by atoms with Gasteiger partial charge in [-0.05, 0) is 42.0 Å². The predicted octanol–water partition coefficient (Wildman–Crippen LogP) is 5.99. The van der Waals surface area contributed by atoms with Crippen molar-refractivity contribution >= 4 is 54.9 Å². The Morgan fingerprint density at radius 3 is 2.58 bits per heavy atom. The molecule has 31 heavy (non-hydrogen) atoms. The third kappa shape index (κ3) is 4.89. The molecular formula is C24H19Br2N3O2. The molecule has 0 saturated carbocycles. The van der Waals surface area contributed by atoms with Gasteiger partial charge in [0.15, 0.2) is 0 Å². The molecule has 0 aliphatic heterocycles. The Bertz CT molecular complexity index is 1260. The van der Waals surface area contributed by atoms with Crippen LogP contribution in [-0.4, -0.2) is 23.8 Å². The molecule has 4 aromatic rings. The van der Waals surface area contributed by atoms with Gasteiger partial charge in [0, 0.05) is 38.2 Å². The minimum absolute atomic E-state index is 0.340. The number of nitrogens with one attached hydrogen (secondary N) is 1. The first-order valence-corrected chi connectivity index (χ1v) is 11.1. The fourth-order valence-electron chi connectivity index (χ4n) is 3.37. The Labute approximate surface area is 197 Å². The summed E-state index contributed by atoms with van der Waals surface area (Å²) in [4.78, 5) is 12.6. The molecule has 0 unspecified atom stereocenters. The Morgan fingerprint density at radius 1 is 1.06 bits per heavy atom. The zero-order chi connectivity index (χ0) is 21.8. The fraction of sp³-hybridized carbons (Fsp3) is 0.0833. The zero-order valence-electron chi connectivity index (χ0n) is 16.7. The minimum atomic E-state index is -0.340. The number of aromatic nitrogens is 1. The van der Waals surface area contributed by atoms with Crippen molar-refractivity contribution in [2.24, 2.45) is 5.10 Å². The van der Waals surface area contributed by atoms with Gasteiger partial charge in [0.25, 0.3) is 5.91 Å². The van der Waals surface area contributed by atoms with E-state index < -0.39 is 0 Å². The Hall–Kier alpha value is -2.90. The van der Waals surface area contributed by atoms with Crippen LogP contribution in [0, 0.1) is 0 Å². The van der Waals surface area contributed by atoms with Gasteiger partial charge in [-0.3, -0.25) is 4.79 Å². The lowest BCUT2D eigenvalue weighted by atomic mass is 10.2. The number of hydrogen-bond acceptors (Lipinski definition) is 3. The number of fused-ring (bicyclic) bond motifs is 1. The monoisotopic (exact) mass is 539 g/mol. The SMILES string of the molecule is COc1ccc(Br)cc1C(=O)N/N=C\c1cn(Cc2ccc(Br)cc2)c2ccccc12. The number of methoxy groups -OCH3 is 1. The number of ether oxygens (including phenoxy) is 1. The van der Waals surface area contributed by atoms with Crippen LogP contribution in [0.4, 0.5) is 0 Å². The van der Waals surface area contributed by atoms with E-state index in [0.29, 0.717) is 11.3 Å². The molecule has 4 rings (SSSR count). The van der Waals surface area contributed by atoms with E-state index in [2.05, 4.69) is 65.2 Å². The van der Waals surface area contributed by atoms with E-state index in [0.717, 1.165) is 32.0 Å². The van der Waals surface area contributed by atoms with E-state index in [1.807, 2.05) is 42.6 Å². The van der Waals surface area contributed by atoms with Gasteiger partial charge in [-0.2, -0.15) is 5.10 Å². The number of hydrogen-bond donors (Lipinski definition) is 1. The second-order valence-electron chi connectivity index (χ2n) is 6.90. The molecule has 0 aliphatic carbocycles. The second-order valence-corrected chi connectivity index (χ2v) is 8.73. The van der Waals surface area contributed by atoms with Crippen molar-refractivity contribution < 1.29 is 9.53 Å². The highest BCUT2D eigenvalue weighted by molar-refractivity contribution is 9.10. The number of halogens is 2. The number of carbonyl (C=O) groups is 1. The zero-order valence-corrected chi connectivity index (χ0v) is 19.9. The molecule has 0 atom stereocenters. The average molecular weight is 541 g/mol. The number of nitrogens with zero attached hydrogens (tertiary/aromatic N) is 2. The highest BCUT2D eigenvalue weighted by Crippen LogP contribution is 2.24. The van der Waals surface area contributed by atoms with Crippen LogP contribution in [0.15, 0.2) is 87.0 Å². The topological polar surface area (TPSA) is 55.6 Å². The van der Waals surface area contributed by atoms with E-state index in [9.17, 15) is 4.79 Å². The van der Waals surface area contributed by atoms with Gasteiger partial charge >= 0.3 is 0 Å². The van der Waals surface area contributed by atoms with Crippen LogP contribution in [0.3, 0.4) is 0 Å². The first kappa shape index (κ1) is 21.3. The summed E-state index contributed by atoms with van der Waals surface area (Å²) in [6, 6.07) is 21.7. The highest BCUT2D eigenvalue weighted by Gasteiger charge is 2.12. The first-order chi connectivity index (χ1) is 15.0. The van der Waals surface area contributed by atoms with Crippen LogP contribution in [-0.2, 0) is 6.54 Å². The summed E-state index contributed by atoms with van der Waals surface area (Å²) in [5, 5.41) is 5.26. The lowest BCUT2D eigenvalue weighted by Gasteiger charge is -2.07. The van der Waals surface area contributed by atoms with Crippen molar-refractivity contribution in [1.82, 2.24) is 9.99 Å². The van der Waals surface area contributed by atoms with E-state index in [1.54, 1.807) is 18.3 Å². The molecule has 0 fully saturated rings. The van der Waals surface area contributed by atoms with Gasteiger partial charge < -0.3 is 9.30 Å². The Kier molecular flexibility index (Phi) is 6.53. The second kappa shape index (κ2) is 9.49. The summed E-state index contributed by atoms with van der Waals surface area (Å²) >= 11 is 6.86. The van der Waals surface area contributed by atoms with Gasteiger partial charge in [-0.25, -0.2) is 5.43 Å². The number of amides is 1. The van der Waals surface area contributed by atoms with Gasteiger partial charge in [-0.1, -0.05) is 62.2 Å². The van der Waals surface area contributed by atoms with Crippen LogP contribution >= 0.6 is 31.9 Å². The minimum Gasteiger partial charge on any atom is -0.496 e. The maximum absolute atomic E-state index is 12.6. The predicted molar refractivity (Wildman–Crippen MR) is 131 cm³/mol. The summed E-state index contributed by atoms with van der Waals surface area (Å²) in [6.45, 7) is 0.739. The molecule has 1 heterocycles. The van der Waals surface area contributed by atoms with Crippen LogP contribution < -0.4 is 10.2 Å². The molecule has 156 valence electrons. The largest absolute Gasteiger partial charge is 0.496 e. The average Bonchev–Trinajstić information content (AvgIpc) is 3.12. The van der Waals surface area contributed by atoms with Crippen molar-refractivity contribution in [2.45, 2.75) is 6.54 Å². The molecule has 0 saturated heterocycles. The molecule has 1 amide bonds. The fourth-order valence-corrected chi connectivity index (χ4v) is 4.00. The van der Waals surface area contributed by atoms with Crippen molar-refractivity contribution in [3.63, 3.8) is 0 Å². The number of carbonyl (C=O) groups excluding carboxylic acids is 1. The van der Waals surface area contributed by atoms with Crippen molar-refractivity contribution in [2.75, 3.05) is 7.11 Å². The van der Waals surface area contributed by atoms with Crippen LogP contribution in [0.5, 0.6) is 5.75 Å². The van der Waals surface area contributed by atoms with Gasteiger partial charge in [-0.15, -0.1) is 0 Å². The number of para-hydroxylation sites is 1. The van der Waals surface area contributed by atoms with Crippen LogP contribution in [0.25, 0.3) is 10.9 Å². The molecule has 7 heteroatoms. The maximum Gasteiger partial charge on any atom is 0.275 e. The molecular weight excluding hydrogens is 522 g/mol. The normalized spacial score (nSPS) is 11.2. The van der Waals surface area contributed by atoms with Crippen LogP contribution in [0.2, 0.25) is 0 Å². The molecule has 0 bridgehead atoms. The summed E-state index contributed by atoms with van der Waals surface area (Å²) in [5.74, 6) is 0.148. The van der Waals surface area contributed by atoms with E-state index in [4.69, 9.17) is 4.74 Å². The third-order valence-electron chi connectivity index (χ3n) is 4.86. The molecule has 3 aromatic carbocycles. The molecule has 0 aliphatic rings. The first-order valence-electron chi connectivity index (χ1n) is 9.54. The standard InChI is InChI=1S/C24H19Br2N3O2/c1-31-23-11-10-19(26)12-21(23)24(30)28-27-13-17-15-29(22-5-3-2-4-20(17)22)14-16-6-8-18(25)9-7-16/h2-13,15H,14H2,1H3,(H,28,30)/b27-13-. The Morgan fingerprint density at radius 2 is 1.81 bits per heavy atom.